The summed E-state index contributed by atoms with van der Waals surface area (Å²) in [4.78, 5) is 7.02. The molecule has 0 aliphatic carbocycles. The van der Waals surface area contributed by atoms with E-state index < -0.39 is 0 Å². The van der Waals surface area contributed by atoms with E-state index in [9.17, 15) is 5.11 Å². The van der Waals surface area contributed by atoms with Crippen molar-refractivity contribution >= 4 is 22.3 Å². The van der Waals surface area contributed by atoms with E-state index in [4.69, 9.17) is 11.5 Å². The van der Waals surface area contributed by atoms with E-state index in [1.54, 1.807) is 24.3 Å². The highest BCUT2D eigenvalue weighted by atomic mass is 16.3. The maximum atomic E-state index is 10.1. The molecule has 0 aliphatic heterocycles. The lowest BCUT2D eigenvalue weighted by Crippen LogP contribution is -2.01. The van der Waals surface area contributed by atoms with Crippen LogP contribution in [0, 0.1) is 0 Å². The van der Waals surface area contributed by atoms with Crippen LogP contribution >= 0.6 is 0 Å². The predicted octanol–water partition coefficient (Wildman–Crippen LogP) is 2.25. The Balaban J connectivity index is 2.75. The number of allylic oxidation sites excluding steroid dienone is 2. The van der Waals surface area contributed by atoms with Crippen molar-refractivity contribution in [2.75, 3.05) is 5.73 Å². The number of nitrogens with one attached hydrogen (secondary N) is 1. The van der Waals surface area contributed by atoms with Gasteiger partial charge < -0.3 is 21.6 Å². The van der Waals surface area contributed by atoms with E-state index in [-0.39, 0.29) is 11.7 Å². The summed E-state index contributed by atoms with van der Waals surface area (Å²) in [5, 5.41) is 10.8. The van der Waals surface area contributed by atoms with Crippen molar-refractivity contribution in [3.63, 3.8) is 0 Å². The summed E-state index contributed by atoms with van der Waals surface area (Å²) in [5.41, 5.74) is 13.8. The average Bonchev–Trinajstić information content (AvgIpc) is 2.63. The van der Waals surface area contributed by atoms with Crippen LogP contribution in [0.4, 0.5) is 5.69 Å². The van der Waals surface area contributed by atoms with Crippen LogP contribution in [0.2, 0.25) is 0 Å². The van der Waals surface area contributed by atoms with Gasteiger partial charge in [0, 0.05) is 16.6 Å². The summed E-state index contributed by atoms with van der Waals surface area (Å²) in [7, 11) is 0. The van der Waals surface area contributed by atoms with Gasteiger partial charge in [0.05, 0.1) is 11.3 Å². The van der Waals surface area contributed by atoms with Crippen molar-refractivity contribution in [3.05, 3.63) is 48.3 Å². The van der Waals surface area contributed by atoms with Gasteiger partial charge in [-0.2, -0.15) is 0 Å². The topological polar surface area (TPSA) is 100 Å². The summed E-state index contributed by atoms with van der Waals surface area (Å²) in [6.07, 6.45) is 3.57. The second-order valence-electron chi connectivity index (χ2n) is 4.14. The molecule has 0 saturated heterocycles. The maximum absolute atomic E-state index is 10.1. The van der Waals surface area contributed by atoms with Gasteiger partial charge in [-0.3, -0.25) is 0 Å². The molecular formula is C14H16N4O. The summed E-state index contributed by atoms with van der Waals surface area (Å²) in [5.74, 6) is 0.199. The third kappa shape index (κ3) is 2.44. The fourth-order valence-corrected chi connectivity index (χ4v) is 1.94. The summed E-state index contributed by atoms with van der Waals surface area (Å²) in [6.45, 7) is 5.41. The number of fused-ring (bicyclic) bond motifs is 1. The van der Waals surface area contributed by atoms with Crippen molar-refractivity contribution in [2.45, 2.75) is 6.92 Å². The van der Waals surface area contributed by atoms with Gasteiger partial charge >= 0.3 is 0 Å². The molecule has 19 heavy (non-hydrogen) atoms. The van der Waals surface area contributed by atoms with Crippen molar-refractivity contribution in [2.24, 2.45) is 10.7 Å². The quantitative estimate of drug-likeness (QED) is 0.500. The number of benzene rings is 1. The number of hydrogen-bond acceptors (Lipinski definition) is 4. The minimum Gasteiger partial charge on any atom is -0.494 e. The number of aromatic nitrogens is 1. The Hall–Kier alpha value is -2.69. The molecule has 0 unspecified atom stereocenters. The van der Waals surface area contributed by atoms with Crippen LogP contribution in [-0.4, -0.2) is 15.8 Å². The van der Waals surface area contributed by atoms with Crippen molar-refractivity contribution < 1.29 is 5.11 Å². The third-order valence-corrected chi connectivity index (χ3v) is 2.65. The molecule has 0 fully saturated rings. The highest BCUT2D eigenvalue weighted by Crippen LogP contribution is 2.30. The first-order valence-electron chi connectivity index (χ1n) is 5.79. The van der Waals surface area contributed by atoms with Crippen molar-refractivity contribution in [3.8, 4) is 5.88 Å². The minimum atomic E-state index is 0.0266. The highest BCUT2D eigenvalue weighted by molar-refractivity contribution is 6.18. The van der Waals surface area contributed by atoms with Gasteiger partial charge in [0.2, 0.25) is 0 Å². The number of rotatable bonds is 3. The molecule has 1 aromatic carbocycles. The number of H-pyrrole nitrogens is 1. The number of hydrogen-bond donors (Lipinski definition) is 4. The zero-order valence-corrected chi connectivity index (χ0v) is 10.6. The monoisotopic (exact) mass is 256 g/mol. The molecule has 0 bridgehead atoms. The van der Waals surface area contributed by atoms with Crippen LogP contribution < -0.4 is 11.5 Å². The van der Waals surface area contributed by atoms with E-state index >= 15 is 0 Å². The van der Waals surface area contributed by atoms with Gasteiger partial charge in [-0.25, -0.2) is 4.99 Å². The molecule has 98 valence electrons. The Labute approximate surface area is 111 Å². The number of aliphatic imine (C=N–C) groups is 1. The first-order valence-corrected chi connectivity index (χ1v) is 5.79. The van der Waals surface area contributed by atoms with Gasteiger partial charge in [-0.15, -0.1) is 0 Å². The first kappa shape index (κ1) is 12.8. The van der Waals surface area contributed by atoms with Crippen LogP contribution in [0.1, 0.15) is 12.5 Å². The first-order chi connectivity index (χ1) is 9.02. The summed E-state index contributed by atoms with van der Waals surface area (Å²) >= 11 is 0. The second-order valence-corrected chi connectivity index (χ2v) is 4.14. The molecule has 2 rings (SSSR count). The van der Waals surface area contributed by atoms with Gasteiger partial charge in [0.1, 0.15) is 5.82 Å². The Morgan fingerprint density at radius 2 is 2.21 bits per heavy atom. The van der Waals surface area contributed by atoms with E-state index in [0.29, 0.717) is 17.0 Å². The molecule has 1 aromatic heterocycles. The molecule has 1 heterocycles. The van der Waals surface area contributed by atoms with Crippen LogP contribution in [0.3, 0.4) is 0 Å². The van der Waals surface area contributed by atoms with Crippen molar-refractivity contribution in [1.29, 1.82) is 0 Å². The molecule has 0 radical (unpaired) electrons. The zero-order valence-electron chi connectivity index (χ0n) is 10.6. The van der Waals surface area contributed by atoms with Crippen LogP contribution in [-0.2, 0) is 0 Å². The Bertz CT molecular complexity index is 695. The van der Waals surface area contributed by atoms with E-state index in [0.717, 1.165) is 10.9 Å². The fraction of sp³-hybridized carbons (Fsp3) is 0.0714. The molecule has 0 atom stereocenters. The Morgan fingerprint density at radius 3 is 2.84 bits per heavy atom. The fourth-order valence-electron chi connectivity index (χ4n) is 1.94. The van der Waals surface area contributed by atoms with Gasteiger partial charge in [0.15, 0.2) is 5.88 Å². The Morgan fingerprint density at radius 1 is 1.47 bits per heavy atom. The van der Waals surface area contributed by atoms with Gasteiger partial charge in [0.25, 0.3) is 0 Å². The average molecular weight is 256 g/mol. The minimum absolute atomic E-state index is 0.0266. The zero-order chi connectivity index (χ0) is 14.0. The number of anilines is 1. The molecule has 6 N–H and O–H groups in total. The molecule has 0 saturated carbocycles. The van der Waals surface area contributed by atoms with Gasteiger partial charge in [-0.05, 0) is 31.2 Å². The highest BCUT2D eigenvalue weighted by Gasteiger charge is 2.15. The molecule has 0 spiro atoms. The van der Waals surface area contributed by atoms with Crippen LogP contribution in [0.15, 0.2) is 47.7 Å². The third-order valence-electron chi connectivity index (χ3n) is 2.65. The normalized spacial score (nSPS) is 12.4. The lowest BCUT2D eigenvalue weighted by molar-refractivity contribution is 0.457. The molecule has 5 heteroatoms. The Kier molecular flexibility index (Phi) is 3.29. The molecular weight excluding hydrogens is 240 g/mol. The second kappa shape index (κ2) is 4.89. The summed E-state index contributed by atoms with van der Waals surface area (Å²) in [6, 6.07) is 5.34. The van der Waals surface area contributed by atoms with Crippen LogP contribution in [0.25, 0.3) is 10.9 Å². The van der Waals surface area contributed by atoms with Crippen molar-refractivity contribution in [1.82, 2.24) is 4.98 Å². The number of aromatic hydroxyl groups is 1. The molecule has 0 amide bonds. The van der Waals surface area contributed by atoms with Crippen LogP contribution in [0.5, 0.6) is 5.88 Å². The standard InChI is InChI=1S/C14H16N4O/c1-3-4-12(17-8(2)15)13-10-7-9(16)5-6-11(10)18-14(13)19/h3-7,18-19H,2,15-16H2,1H3/b4-3-,17-12+. The molecule has 5 nitrogen and oxygen atoms in total. The van der Waals surface area contributed by atoms with E-state index in [2.05, 4.69) is 16.6 Å². The lowest BCUT2D eigenvalue weighted by Gasteiger charge is -2.02. The number of nitrogens with zero attached hydrogens (tertiary/aromatic N) is 1. The number of aromatic amines is 1. The van der Waals surface area contributed by atoms with E-state index in [1.807, 2.05) is 13.0 Å². The smallest absolute Gasteiger partial charge is 0.199 e. The number of nitrogens with two attached hydrogens (primary N) is 2. The van der Waals surface area contributed by atoms with E-state index in [1.165, 1.54) is 0 Å². The maximum Gasteiger partial charge on any atom is 0.199 e. The van der Waals surface area contributed by atoms with Gasteiger partial charge in [-0.1, -0.05) is 12.7 Å². The largest absolute Gasteiger partial charge is 0.494 e. The molecule has 2 aromatic rings. The molecule has 0 aliphatic rings. The lowest BCUT2D eigenvalue weighted by atomic mass is 10.1. The SMILES string of the molecule is C=C(N)/N=C(\C=C/C)c1c(O)[nH]c2ccc(N)cc12. The number of nitrogen functional groups attached to an aromatic ring is 1. The predicted molar refractivity (Wildman–Crippen MR) is 79.1 cm³/mol. The summed E-state index contributed by atoms with van der Waals surface area (Å²) < 4.78 is 0.